The Morgan fingerprint density at radius 1 is 1.27 bits per heavy atom. The zero-order chi connectivity index (χ0) is 21.1. The molecule has 6 nitrogen and oxygen atoms in total. The van der Waals surface area contributed by atoms with Crippen molar-refractivity contribution in [3.63, 3.8) is 0 Å². The predicted octanol–water partition coefficient (Wildman–Crippen LogP) is 3.06. The lowest BCUT2D eigenvalue weighted by Crippen LogP contribution is -2.39. The van der Waals surface area contributed by atoms with Crippen molar-refractivity contribution in [2.75, 3.05) is 6.61 Å². The normalized spacial score (nSPS) is 16.6. The summed E-state index contributed by atoms with van der Waals surface area (Å²) in [4.78, 5) is 31.1. The molecule has 1 aromatic carbocycles. The van der Waals surface area contributed by atoms with Gasteiger partial charge < -0.3 is 9.15 Å². The molecule has 1 atom stereocenters. The first-order chi connectivity index (χ1) is 14.6. The lowest BCUT2D eigenvalue weighted by molar-refractivity contribution is -0.139. The van der Waals surface area contributed by atoms with E-state index in [1.54, 1.807) is 49.0 Å². The summed E-state index contributed by atoms with van der Waals surface area (Å²) in [6.45, 7) is 3.78. The van der Waals surface area contributed by atoms with Gasteiger partial charge in [0.15, 0.2) is 4.80 Å². The Balaban J connectivity index is 1.87. The van der Waals surface area contributed by atoms with Crippen molar-refractivity contribution in [3.8, 4) is 0 Å². The van der Waals surface area contributed by atoms with Crippen molar-refractivity contribution < 1.29 is 13.9 Å². The van der Waals surface area contributed by atoms with Gasteiger partial charge in [0.1, 0.15) is 5.76 Å². The second-order valence-electron chi connectivity index (χ2n) is 6.61. The summed E-state index contributed by atoms with van der Waals surface area (Å²) in [5.74, 6) is 0.237. The number of thiazole rings is 1. The SMILES string of the molecule is CCOC(=O)C1=C(C)N=c2s/c(=C\C=C\c3ccco3)c(=O)n2[C@@H]1c1ccccc1. The summed E-state index contributed by atoms with van der Waals surface area (Å²) in [5, 5.41) is 0. The molecular formula is C23H20N2O4S. The molecule has 0 saturated carbocycles. The zero-order valence-electron chi connectivity index (χ0n) is 16.6. The fourth-order valence-electron chi connectivity index (χ4n) is 3.37. The molecule has 0 amide bonds. The Labute approximate surface area is 176 Å². The number of nitrogens with zero attached hydrogens (tertiary/aromatic N) is 2. The highest BCUT2D eigenvalue weighted by atomic mass is 32.1. The Bertz CT molecular complexity index is 1300. The summed E-state index contributed by atoms with van der Waals surface area (Å²) in [5.41, 5.74) is 1.56. The number of ether oxygens (including phenoxy) is 1. The topological polar surface area (TPSA) is 73.8 Å². The van der Waals surface area contributed by atoms with Crippen LogP contribution in [0, 0.1) is 0 Å². The Hall–Kier alpha value is -3.45. The number of hydrogen-bond donors (Lipinski definition) is 0. The minimum atomic E-state index is -0.585. The van der Waals surface area contributed by atoms with Crippen molar-refractivity contribution >= 4 is 29.5 Å². The van der Waals surface area contributed by atoms with Crippen molar-refractivity contribution in [1.82, 2.24) is 4.57 Å². The Morgan fingerprint density at radius 2 is 2.07 bits per heavy atom. The van der Waals surface area contributed by atoms with Gasteiger partial charge in [0.25, 0.3) is 5.56 Å². The molecule has 0 spiro atoms. The fourth-order valence-corrected chi connectivity index (χ4v) is 4.37. The number of allylic oxidation sites excluding steroid dienone is 2. The van der Waals surface area contributed by atoms with Gasteiger partial charge in [0, 0.05) is 0 Å². The maximum Gasteiger partial charge on any atom is 0.338 e. The number of hydrogen-bond acceptors (Lipinski definition) is 6. The number of esters is 1. The molecule has 152 valence electrons. The van der Waals surface area contributed by atoms with E-state index in [0.29, 0.717) is 26.4 Å². The molecule has 30 heavy (non-hydrogen) atoms. The molecule has 0 saturated heterocycles. The zero-order valence-corrected chi connectivity index (χ0v) is 17.4. The van der Waals surface area contributed by atoms with Crippen molar-refractivity contribution in [2.45, 2.75) is 19.9 Å². The standard InChI is InChI=1S/C23H20N2O4S/c1-3-28-22(27)19-15(2)24-23-25(20(19)16-9-5-4-6-10-16)21(26)18(30-23)13-7-11-17-12-8-14-29-17/h4-14,20H,3H2,1-2H3/b11-7+,18-13-/t20-/m1/s1. The first-order valence-electron chi connectivity index (χ1n) is 9.55. The van der Waals surface area contributed by atoms with Gasteiger partial charge in [-0.05, 0) is 43.7 Å². The van der Waals surface area contributed by atoms with Gasteiger partial charge in [-0.25, -0.2) is 9.79 Å². The van der Waals surface area contributed by atoms with Gasteiger partial charge in [-0.3, -0.25) is 9.36 Å². The monoisotopic (exact) mass is 420 g/mol. The number of aromatic nitrogens is 1. The lowest BCUT2D eigenvalue weighted by Gasteiger charge is -2.24. The molecule has 0 N–H and O–H groups in total. The van der Waals surface area contributed by atoms with Crippen LogP contribution in [0.5, 0.6) is 0 Å². The van der Waals surface area contributed by atoms with Gasteiger partial charge in [-0.1, -0.05) is 47.7 Å². The molecule has 0 radical (unpaired) electrons. The highest BCUT2D eigenvalue weighted by Crippen LogP contribution is 2.30. The van der Waals surface area contributed by atoms with E-state index >= 15 is 0 Å². The molecule has 0 fully saturated rings. The average Bonchev–Trinajstić information content (AvgIpc) is 3.36. The average molecular weight is 420 g/mol. The number of benzene rings is 1. The van der Waals surface area contributed by atoms with E-state index in [0.717, 1.165) is 5.56 Å². The molecule has 3 aromatic rings. The maximum absolute atomic E-state index is 13.3. The van der Waals surface area contributed by atoms with Gasteiger partial charge >= 0.3 is 5.97 Å². The van der Waals surface area contributed by atoms with Crippen LogP contribution in [0.3, 0.4) is 0 Å². The summed E-state index contributed by atoms with van der Waals surface area (Å²) in [6.07, 6.45) is 6.87. The summed E-state index contributed by atoms with van der Waals surface area (Å²) in [6, 6.07) is 12.5. The second kappa shape index (κ2) is 8.51. The first-order valence-corrected chi connectivity index (χ1v) is 10.4. The van der Waals surface area contributed by atoms with E-state index in [-0.39, 0.29) is 12.2 Å². The van der Waals surface area contributed by atoms with Crippen LogP contribution in [0.25, 0.3) is 12.2 Å². The van der Waals surface area contributed by atoms with Crippen LogP contribution >= 0.6 is 11.3 Å². The van der Waals surface area contributed by atoms with Gasteiger partial charge in [0.05, 0.1) is 34.7 Å². The first kappa shape index (κ1) is 19.8. The van der Waals surface area contributed by atoms with E-state index in [1.165, 1.54) is 11.3 Å². The lowest BCUT2D eigenvalue weighted by atomic mass is 9.96. The van der Waals surface area contributed by atoms with Crippen LogP contribution in [0.1, 0.15) is 31.2 Å². The van der Waals surface area contributed by atoms with Crippen molar-refractivity contribution in [2.24, 2.45) is 4.99 Å². The molecule has 2 aromatic heterocycles. The van der Waals surface area contributed by atoms with Gasteiger partial charge in [0.2, 0.25) is 0 Å². The maximum atomic E-state index is 13.3. The minimum Gasteiger partial charge on any atom is -0.465 e. The minimum absolute atomic E-state index is 0.203. The van der Waals surface area contributed by atoms with E-state index in [2.05, 4.69) is 4.99 Å². The second-order valence-corrected chi connectivity index (χ2v) is 7.62. The van der Waals surface area contributed by atoms with E-state index < -0.39 is 12.0 Å². The molecule has 1 aliphatic heterocycles. The van der Waals surface area contributed by atoms with Gasteiger partial charge in [-0.15, -0.1) is 0 Å². The van der Waals surface area contributed by atoms with Crippen LogP contribution in [0.2, 0.25) is 0 Å². The van der Waals surface area contributed by atoms with E-state index in [9.17, 15) is 9.59 Å². The van der Waals surface area contributed by atoms with Crippen LogP contribution in [0.15, 0.2) is 80.3 Å². The Morgan fingerprint density at radius 3 is 2.77 bits per heavy atom. The van der Waals surface area contributed by atoms with Crippen molar-refractivity contribution in [3.05, 3.63) is 97.1 Å². The molecule has 0 bridgehead atoms. The third kappa shape index (κ3) is 3.71. The van der Waals surface area contributed by atoms with E-state index in [1.807, 2.05) is 36.4 Å². The van der Waals surface area contributed by atoms with Crippen LogP contribution in [0.4, 0.5) is 0 Å². The fraction of sp³-hybridized carbons (Fsp3) is 0.174. The molecule has 3 heterocycles. The number of carbonyl (C=O) groups is 1. The quantitative estimate of drug-likeness (QED) is 0.595. The highest BCUT2D eigenvalue weighted by Gasteiger charge is 2.33. The smallest absolute Gasteiger partial charge is 0.338 e. The Kier molecular flexibility index (Phi) is 5.63. The summed E-state index contributed by atoms with van der Waals surface area (Å²) in [7, 11) is 0. The largest absolute Gasteiger partial charge is 0.465 e. The third-order valence-corrected chi connectivity index (χ3v) is 5.68. The third-order valence-electron chi connectivity index (χ3n) is 4.68. The molecule has 7 heteroatoms. The molecule has 4 rings (SSSR count). The van der Waals surface area contributed by atoms with Crippen molar-refractivity contribution in [1.29, 1.82) is 0 Å². The number of fused-ring (bicyclic) bond motifs is 1. The van der Waals surface area contributed by atoms with Crippen LogP contribution < -0.4 is 14.9 Å². The number of rotatable bonds is 5. The number of furan rings is 1. The molecule has 0 unspecified atom stereocenters. The molecular weight excluding hydrogens is 400 g/mol. The predicted molar refractivity (Wildman–Crippen MR) is 115 cm³/mol. The summed E-state index contributed by atoms with van der Waals surface area (Å²) < 4.78 is 12.6. The highest BCUT2D eigenvalue weighted by molar-refractivity contribution is 7.07. The number of carbonyl (C=O) groups excluding carboxylic acids is 1. The van der Waals surface area contributed by atoms with Gasteiger partial charge in [-0.2, -0.15) is 0 Å². The van der Waals surface area contributed by atoms with Crippen LogP contribution in [-0.4, -0.2) is 17.1 Å². The molecule has 0 aliphatic carbocycles. The van der Waals surface area contributed by atoms with Crippen LogP contribution in [-0.2, 0) is 9.53 Å². The van der Waals surface area contributed by atoms with E-state index in [4.69, 9.17) is 9.15 Å². The molecule has 1 aliphatic rings. The summed E-state index contributed by atoms with van der Waals surface area (Å²) >= 11 is 1.29.